The van der Waals surface area contributed by atoms with Gasteiger partial charge in [0.15, 0.2) is 0 Å². The van der Waals surface area contributed by atoms with E-state index >= 15 is 0 Å². The Morgan fingerprint density at radius 1 is 1.39 bits per heavy atom. The van der Waals surface area contributed by atoms with Crippen molar-refractivity contribution < 1.29 is 0 Å². The molecular formula is C13H19BrN2S2. The molecule has 0 spiro atoms. The molecule has 0 amide bonds. The van der Waals surface area contributed by atoms with E-state index in [1.165, 1.54) is 32.1 Å². The van der Waals surface area contributed by atoms with Gasteiger partial charge in [-0.15, -0.1) is 0 Å². The van der Waals surface area contributed by atoms with Gasteiger partial charge in [0.05, 0.1) is 10.2 Å². The maximum atomic E-state index is 5.28. The quantitative estimate of drug-likeness (QED) is 0.775. The van der Waals surface area contributed by atoms with Gasteiger partial charge in [0.1, 0.15) is 10.5 Å². The molecule has 1 aromatic rings. The topological polar surface area (TPSA) is 28.7 Å². The molecule has 0 unspecified atom stereocenters. The monoisotopic (exact) mass is 346 g/mol. The second-order valence-electron chi connectivity index (χ2n) is 4.71. The summed E-state index contributed by atoms with van der Waals surface area (Å²) in [5.41, 5.74) is 1.16. The minimum absolute atomic E-state index is 0.685. The summed E-state index contributed by atoms with van der Waals surface area (Å²) < 4.78 is 1.64. The maximum Gasteiger partial charge on any atom is 0.144 e. The predicted octanol–water partition coefficient (Wildman–Crippen LogP) is 5.03. The highest BCUT2D eigenvalue weighted by molar-refractivity contribution is 9.10. The number of hydrogen-bond acceptors (Lipinski definition) is 3. The summed E-state index contributed by atoms with van der Waals surface area (Å²) in [6.07, 6.45) is 7.87. The summed E-state index contributed by atoms with van der Waals surface area (Å²) in [5, 5.41) is 0.816. The molecule has 0 bridgehead atoms. The van der Waals surface area contributed by atoms with E-state index in [1.807, 2.05) is 11.8 Å². The minimum atomic E-state index is 0.685. The lowest BCUT2D eigenvalue weighted by Crippen LogP contribution is -2.09. The Kier molecular flexibility index (Phi) is 5.70. The number of nitrogens with zero attached hydrogens (tertiary/aromatic N) is 1. The van der Waals surface area contributed by atoms with Crippen LogP contribution in [0.1, 0.15) is 50.5 Å². The van der Waals surface area contributed by atoms with Crippen LogP contribution in [0.2, 0.25) is 0 Å². The lowest BCUT2D eigenvalue weighted by molar-refractivity contribution is 0.516. The molecule has 0 atom stereocenters. The van der Waals surface area contributed by atoms with Gasteiger partial charge in [-0.05, 0) is 35.2 Å². The Labute approximate surface area is 126 Å². The van der Waals surface area contributed by atoms with E-state index in [4.69, 9.17) is 12.2 Å². The number of aromatic amines is 1. The highest BCUT2D eigenvalue weighted by atomic mass is 79.9. The van der Waals surface area contributed by atoms with Gasteiger partial charge in [0.2, 0.25) is 0 Å². The number of aromatic nitrogens is 2. The zero-order valence-electron chi connectivity index (χ0n) is 10.7. The summed E-state index contributed by atoms with van der Waals surface area (Å²) in [4.78, 5) is 7.85. The van der Waals surface area contributed by atoms with E-state index in [-0.39, 0.29) is 0 Å². The number of halogens is 1. The van der Waals surface area contributed by atoms with Crippen molar-refractivity contribution in [2.45, 2.75) is 56.5 Å². The molecule has 100 valence electrons. The summed E-state index contributed by atoms with van der Waals surface area (Å²) in [5.74, 6) is 1.98. The van der Waals surface area contributed by atoms with Gasteiger partial charge in [-0.1, -0.05) is 38.4 Å². The van der Waals surface area contributed by atoms with Gasteiger partial charge < -0.3 is 4.98 Å². The van der Waals surface area contributed by atoms with Crippen LogP contribution in [0.25, 0.3) is 0 Å². The van der Waals surface area contributed by atoms with Gasteiger partial charge in [-0.25, -0.2) is 4.98 Å². The first-order valence-electron chi connectivity index (χ1n) is 6.60. The lowest BCUT2D eigenvalue weighted by atomic mass is 10.0. The van der Waals surface area contributed by atoms with Crippen LogP contribution in [0.15, 0.2) is 4.47 Å². The predicted molar refractivity (Wildman–Crippen MR) is 84.7 cm³/mol. The molecule has 1 N–H and O–H groups in total. The molecule has 2 rings (SSSR count). The summed E-state index contributed by atoms with van der Waals surface area (Å²) in [6.45, 7) is 2.13. The fourth-order valence-corrected chi connectivity index (χ4v) is 4.20. The minimum Gasteiger partial charge on any atom is -0.345 e. The largest absolute Gasteiger partial charge is 0.345 e. The molecular weight excluding hydrogens is 328 g/mol. The second kappa shape index (κ2) is 7.06. The van der Waals surface area contributed by atoms with Crippen LogP contribution in [0.5, 0.6) is 0 Å². The van der Waals surface area contributed by atoms with Gasteiger partial charge in [0.25, 0.3) is 0 Å². The molecule has 1 heterocycles. The first-order valence-corrected chi connectivity index (χ1v) is 8.85. The molecule has 0 aromatic carbocycles. The Bertz CT molecular complexity index is 453. The standard InChI is InChI=1S/C13H19BrN2S2/c1-2-10-12(14)13(17)16-11(15-10)8-18-9-6-4-3-5-7-9/h9H,2-8H2,1H3,(H,15,16,17). The van der Waals surface area contributed by atoms with Gasteiger partial charge >= 0.3 is 0 Å². The van der Waals surface area contributed by atoms with E-state index in [0.717, 1.165) is 33.4 Å². The van der Waals surface area contributed by atoms with Gasteiger partial charge in [-0.3, -0.25) is 0 Å². The zero-order chi connectivity index (χ0) is 13.0. The maximum absolute atomic E-state index is 5.28. The number of rotatable bonds is 4. The van der Waals surface area contributed by atoms with Crippen molar-refractivity contribution >= 4 is 39.9 Å². The highest BCUT2D eigenvalue weighted by Crippen LogP contribution is 2.30. The van der Waals surface area contributed by atoms with Crippen molar-refractivity contribution in [1.82, 2.24) is 9.97 Å². The smallest absolute Gasteiger partial charge is 0.144 e. The van der Waals surface area contributed by atoms with Gasteiger partial charge in [0, 0.05) is 10.9 Å². The van der Waals surface area contributed by atoms with Crippen LogP contribution in [0.4, 0.5) is 0 Å². The molecule has 2 nitrogen and oxygen atoms in total. The number of H-pyrrole nitrogens is 1. The van der Waals surface area contributed by atoms with Crippen molar-refractivity contribution in [3.63, 3.8) is 0 Å². The number of thioether (sulfide) groups is 1. The molecule has 5 heteroatoms. The molecule has 1 aliphatic rings. The van der Waals surface area contributed by atoms with Crippen LogP contribution in [-0.4, -0.2) is 15.2 Å². The van der Waals surface area contributed by atoms with Crippen molar-refractivity contribution in [3.05, 3.63) is 20.6 Å². The Hall–Kier alpha value is 0.130. The molecule has 0 saturated heterocycles. The van der Waals surface area contributed by atoms with Crippen LogP contribution in [0, 0.1) is 4.64 Å². The van der Waals surface area contributed by atoms with Crippen molar-refractivity contribution in [2.24, 2.45) is 0 Å². The molecule has 1 aromatic heterocycles. The SMILES string of the molecule is CCc1[nH]c(CSC2CCCCC2)nc(=S)c1Br. The average Bonchev–Trinajstić information content (AvgIpc) is 2.41. The summed E-state index contributed by atoms with van der Waals surface area (Å²) in [6, 6.07) is 0. The first-order chi connectivity index (χ1) is 8.70. The van der Waals surface area contributed by atoms with Crippen LogP contribution < -0.4 is 0 Å². The molecule has 0 aliphatic heterocycles. The average molecular weight is 347 g/mol. The number of aryl methyl sites for hydroxylation is 1. The van der Waals surface area contributed by atoms with E-state index in [9.17, 15) is 0 Å². The first kappa shape index (κ1) is 14.5. The molecule has 1 saturated carbocycles. The molecule has 18 heavy (non-hydrogen) atoms. The summed E-state index contributed by atoms with van der Waals surface area (Å²) in [7, 11) is 0. The van der Waals surface area contributed by atoms with E-state index < -0.39 is 0 Å². The highest BCUT2D eigenvalue weighted by Gasteiger charge is 2.14. The van der Waals surface area contributed by atoms with E-state index in [2.05, 4.69) is 32.8 Å². The Morgan fingerprint density at radius 3 is 2.78 bits per heavy atom. The fraction of sp³-hybridized carbons (Fsp3) is 0.692. The second-order valence-corrected chi connectivity index (χ2v) is 7.17. The third kappa shape index (κ3) is 3.81. The van der Waals surface area contributed by atoms with E-state index in [0.29, 0.717) is 4.64 Å². The van der Waals surface area contributed by atoms with Crippen LogP contribution >= 0.6 is 39.9 Å². The third-order valence-electron chi connectivity index (χ3n) is 3.35. The molecule has 1 aliphatic carbocycles. The summed E-state index contributed by atoms with van der Waals surface area (Å²) >= 11 is 10.8. The Morgan fingerprint density at radius 2 is 2.11 bits per heavy atom. The molecule has 1 fully saturated rings. The van der Waals surface area contributed by atoms with Crippen LogP contribution in [-0.2, 0) is 12.2 Å². The number of nitrogens with one attached hydrogen (secondary N) is 1. The van der Waals surface area contributed by atoms with Crippen molar-refractivity contribution in [2.75, 3.05) is 0 Å². The lowest BCUT2D eigenvalue weighted by Gasteiger charge is -2.20. The van der Waals surface area contributed by atoms with E-state index in [1.54, 1.807) is 0 Å². The normalized spacial score (nSPS) is 17.0. The Balaban J connectivity index is 2.00. The number of hydrogen-bond donors (Lipinski definition) is 1. The molecule has 0 radical (unpaired) electrons. The third-order valence-corrected chi connectivity index (χ3v) is 6.14. The zero-order valence-corrected chi connectivity index (χ0v) is 13.9. The van der Waals surface area contributed by atoms with Crippen LogP contribution in [0.3, 0.4) is 0 Å². The van der Waals surface area contributed by atoms with Gasteiger partial charge in [-0.2, -0.15) is 11.8 Å². The van der Waals surface area contributed by atoms with Crippen molar-refractivity contribution in [3.8, 4) is 0 Å². The fourth-order valence-electron chi connectivity index (χ4n) is 2.30. The van der Waals surface area contributed by atoms with Crippen molar-refractivity contribution in [1.29, 1.82) is 0 Å².